The molecule has 100 valence electrons. The van der Waals surface area contributed by atoms with E-state index in [9.17, 15) is 18.0 Å². The van der Waals surface area contributed by atoms with Crippen LogP contribution in [-0.4, -0.2) is 23.0 Å². The average Bonchev–Trinajstić information content (AvgIpc) is 2.77. The summed E-state index contributed by atoms with van der Waals surface area (Å²) in [4.78, 5) is 10.8. The molecule has 19 heavy (non-hydrogen) atoms. The molecule has 1 aromatic carbocycles. The lowest BCUT2D eigenvalue weighted by Crippen LogP contribution is -2.19. The lowest BCUT2D eigenvalue weighted by Gasteiger charge is -2.01. The van der Waals surface area contributed by atoms with Gasteiger partial charge in [0.1, 0.15) is 5.82 Å². The zero-order valence-corrected chi connectivity index (χ0v) is 11.5. The van der Waals surface area contributed by atoms with Gasteiger partial charge in [-0.15, -0.1) is 5.10 Å². The molecule has 1 heterocycles. The van der Waals surface area contributed by atoms with Crippen molar-refractivity contribution < 1.29 is 18.0 Å². The van der Waals surface area contributed by atoms with Crippen molar-refractivity contribution in [3.8, 4) is 0 Å². The van der Waals surface area contributed by atoms with E-state index in [1.54, 1.807) is 0 Å². The second-order valence-electron chi connectivity index (χ2n) is 3.37. The number of halogens is 4. The number of carbonyl (C=O) groups is 1. The maximum absolute atomic E-state index is 13.5. The first kappa shape index (κ1) is 14.1. The van der Waals surface area contributed by atoms with Crippen LogP contribution in [0.5, 0.6) is 0 Å². The zero-order chi connectivity index (χ0) is 14.0. The summed E-state index contributed by atoms with van der Waals surface area (Å²) in [5.74, 6) is -3.56. The minimum absolute atomic E-state index is 0.211. The van der Waals surface area contributed by atoms with E-state index in [2.05, 4.69) is 31.4 Å². The summed E-state index contributed by atoms with van der Waals surface area (Å²) in [6.07, 6.45) is 0.747. The maximum Gasteiger partial charge on any atom is 0.236 e. The number of nitrogens with one attached hydrogen (secondary N) is 1. The normalized spacial score (nSPS) is 17.5. The van der Waals surface area contributed by atoms with E-state index in [0.29, 0.717) is 6.07 Å². The molecule has 0 aromatic heterocycles. The van der Waals surface area contributed by atoms with Crippen molar-refractivity contribution in [1.82, 2.24) is 5.32 Å². The van der Waals surface area contributed by atoms with Crippen LogP contribution < -0.4 is 5.32 Å². The van der Waals surface area contributed by atoms with E-state index in [1.807, 2.05) is 0 Å². The quantitative estimate of drug-likeness (QED) is 0.505. The molecule has 0 atom stereocenters. The van der Waals surface area contributed by atoms with Gasteiger partial charge >= 0.3 is 0 Å². The van der Waals surface area contributed by atoms with Crippen molar-refractivity contribution in [3.63, 3.8) is 0 Å². The lowest BCUT2D eigenvalue weighted by molar-refractivity contribution is -0.116. The minimum Gasteiger partial charge on any atom is -0.303 e. The number of hydrogen-bond donors (Lipinski definition) is 1. The molecule has 0 spiro atoms. The van der Waals surface area contributed by atoms with Crippen LogP contribution in [-0.2, 0) is 4.79 Å². The van der Waals surface area contributed by atoms with Crippen molar-refractivity contribution in [1.29, 1.82) is 0 Å². The van der Waals surface area contributed by atoms with Gasteiger partial charge in [-0.3, -0.25) is 4.79 Å². The topological polar surface area (TPSA) is 53.8 Å². The first-order valence-corrected chi connectivity index (χ1v) is 6.63. The molecule has 2 rings (SSSR count). The Balaban J connectivity index is 2.26. The molecule has 1 aliphatic rings. The predicted octanol–water partition coefficient (Wildman–Crippen LogP) is 2.42. The number of carbonyl (C=O) groups excluding carboxylic acids is 1. The average molecular weight is 352 g/mol. The SMILES string of the molecule is O=C1CSC(=NN=Cc2c(F)c(F)cc(Br)c2F)N1. The molecule has 1 N–H and O–H groups in total. The Labute approximate surface area is 118 Å². The van der Waals surface area contributed by atoms with Gasteiger partial charge in [0.2, 0.25) is 5.91 Å². The maximum atomic E-state index is 13.5. The molecule has 0 saturated carbocycles. The van der Waals surface area contributed by atoms with Crippen LogP contribution in [0.25, 0.3) is 0 Å². The second kappa shape index (κ2) is 5.74. The van der Waals surface area contributed by atoms with Gasteiger partial charge in [0, 0.05) is 0 Å². The number of hydrogen-bond acceptors (Lipinski definition) is 4. The van der Waals surface area contributed by atoms with Gasteiger partial charge < -0.3 is 5.32 Å². The fourth-order valence-corrected chi connectivity index (χ4v) is 2.27. The molecule has 0 unspecified atom stereocenters. The van der Waals surface area contributed by atoms with E-state index in [4.69, 9.17) is 0 Å². The molecule has 0 bridgehead atoms. The highest BCUT2D eigenvalue weighted by Crippen LogP contribution is 2.23. The summed E-state index contributed by atoms with van der Waals surface area (Å²) in [5, 5.41) is 9.58. The van der Waals surface area contributed by atoms with Crippen LogP contribution in [0.4, 0.5) is 13.2 Å². The minimum atomic E-state index is -1.35. The van der Waals surface area contributed by atoms with Crippen LogP contribution in [0.1, 0.15) is 5.56 Å². The van der Waals surface area contributed by atoms with E-state index in [1.165, 1.54) is 0 Å². The summed E-state index contributed by atoms with van der Waals surface area (Å²) >= 11 is 3.86. The van der Waals surface area contributed by atoms with Crippen molar-refractivity contribution in [2.24, 2.45) is 10.2 Å². The second-order valence-corrected chi connectivity index (χ2v) is 5.19. The first-order valence-electron chi connectivity index (χ1n) is 4.85. The highest BCUT2D eigenvalue weighted by atomic mass is 79.9. The van der Waals surface area contributed by atoms with Gasteiger partial charge in [-0.1, -0.05) is 11.8 Å². The largest absolute Gasteiger partial charge is 0.303 e. The van der Waals surface area contributed by atoms with Gasteiger partial charge in [0.15, 0.2) is 16.8 Å². The Hall–Kier alpha value is -1.35. The predicted molar refractivity (Wildman–Crippen MR) is 69.6 cm³/mol. The molecule has 4 nitrogen and oxygen atoms in total. The number of nitrogens with zero attached hydrogens (tertiary/aromatic N) is 2. The fourth-order valence-electron chi connectivity index (χ4n) is 1.22. The van der Waals surface area contributed by atoms with Crippen LogP contribution in [0.2, 0.25) is 0 Å². The smallest absolute Gasteiger partial charge is 0.236 e. The number of thioether (sulfide) groups is 1. The first-order chi connectivity index (χ1) is 8.99. The third-order valence-electron chi connectivity index (χ3n) is 2.07. The summed E-state index contributed by atoms with van der Waals surface area (Å²) < 4.78 is 39.7. The van der Waals surface area contributed by atoms with Crippen LogP contribution in [0, 0.1) is 17.5 Å². The number of amidine groups is 1. The molecule has 0 aliphatic carbocycles. The van der Waals surface area contributed by atoms with E-state index in [-0.39, 0.29) is 21.3 Å². The standard InChI is InChI=1S/C10H5BrF3N3OS/c11-5-1-6(12)9(14)4(8(5)13)2-15-17-10-16-7(18)3-19-10/h1-2H,3H2,(H,16,17,18). The highest BCUT2D eigenvalue weighted by molar-refractivity contribution is 9.10. The van der Waals surface area contributed by atoms with E-state index < -0.39 is 23.0 Å². The van der Waals surface area contributed by atoms with Gasteiger partial charge in [-0.05, 0) is 22.0 Å². The van der Waals surface area contributed by atoms with Crippen molar-refractivity contribution in [2.75, 3.05) is 5.75 Å². The molecule has 1 amide bonds. The van der Waals surface area contributed by atoms with Crippen LogP contribution >= 0.6 is 27.7 Å². The van der Waals surface area contributed by atoms with Gasteiger partial charge in [0.25, 0.3) is 0 Å². The Morgan fingerprint density at radius 3 is 2.74 bits per heavy atom. The third-order valence-corrected chi connectivity index (χ3v) is 3.51. The van der Waals surface area contributed by atoms with Gasteiger partial charge in [-0.2, -0.15) is 5.10 Å². The molecule has 1 aromatic rings. The Morgan fingerprint density at radius 2 is 2.11 bits per heavy atom. The van der Waals surface area contributed by atoms with Crippen molar-refractivity contribution in [3.05, 3.63) is 33.6 Å². The van der Waals surface area contributed by atoms with Crippen molar-refractivity contribution >= 4 is 45.0 Å². The number of benzene rings is 1. The summed E-state index contributed by atoms with van der Waals surface area (Å²) in [5.41, 5.74) is -0.648. The molecular formula is C10H5BrF3N3OS. The number of amides is 1. The number of rotatable bonds is 2. The molecule has 1 saturated heterocycles. The summed E-state index contributed by atoms with van der Waals surface area (Å²) in [6, 6.07) is 0.681. The highest BCUT2D eigenvalue weighted by Gasteiger charge is 2.17. The zero-order valence-electron chi connectivity index (χ0n) is 9.08. The third kappa shape index (κ3) is 3.16. The summed E-state index contributed by atoms with van der Waals surface area (Å²) in [7, 11) is 0. The van der Waals surface area contributed by atoms with Crippen LogP contribution in [0.15, 0.2) is 20.7 Å². The molecule has 9 heteroatoms. The molecule has 1 fully saturated rings. The van der Waals surface area contributed by atoms with E-state index >= 15 is 0 Å². The van der Waals surface area contributed by atoms with Gasteiger partial charge in [-0.25, -0.2) is 13.2 Å². The monoisotopic (exact) mass is 351 g/mol. The summed E-state index contributed by atoms with van der Waals surface area (Å²) in [6.45, 7) is 0. The van der Waals surface area contributed by atoms with Gasteiger partial charge in [0.05, 0.1) is 22.0 Å². The Kier molecular flexibility index (Phi) is 4.25. The van der Waals surface area contributed by atoms with Crippen LogP contribution in [0.3, 0.4) is 0 Å². The molecular weight excluding hydrogens is 347 g/mol. The van der Waals surface area contributed by atoms with Crippen molar-refractivity contribution in [2.45, 2.75) is 0 Å². The molecule has 0 radical (unpaired) electrons. The molecule has 1 aliphatic heterocycles. The Morgan fingerprint density at radius 1 is 1.37 bits per heavy atom. The fraction of sp³-hybridized carbons (Fsp3) is 0.100. The van der Waals surface area contributed by atoms with E-state index in [0.717, 1.165) is 18.0 Å². The lowest BCUT2D eigenvalue weighted by atomic mass is 10.2. The Bertz CT molecular complexity index is 580.